The van der Waals surface area contributed by atoms with Gasteiger partial charge in [-0.2, -0.15) is 5.10 Å². The lowest BCUT2D eigenvalue weighted by atomic mass is 10.1. The van der Waals surface area contributed by atoms with E-state index in [0.717, 1.165) is 34.5 Å². The smallest absolute Gasteiger partial charge is 0.162 e. The number of benzene rings is 2. The van der Waals surface area contributed by atoms with Crippen LogP contribution in [0.4, 0.5) is 5.69 Å². The molecule has 25 heavy (non-hydrogen) atoms. The molecule has 3 rings (SSSR count). The van der Waals surface area contributed by atoms with E-state index in [4.69, 9.17) is 11.6 Å². The van der Waals surface area contributed by atoms with Crippen molar-refractivity contribution in [3.05, 3.63) is 71.0 Å². The third kappa shape index (κ3) is 4.28. The summed E-state index contributed by atoms with van der Waals surface area (Å²) < 4.78 is 0. The van der Waals surface area contributed by atoms with E-state index in [1.807, 2.05) is 61.7 Å². The molecule has 4 nitrogen and oxygen atoms in total. The molecule has 0 aliphatic carbocycles. The van der Waals surface area contributed by atoms with Crippen LogP contribution in [0.3, 0.4) is 0 Å². The molecular formula is C20H20ClN3O. The number of hydrogen-bond acceptors (Lipinski definition) is 3. The normalized spacial score (nSPS) is 10.6. The van der Waals surface area contributed by atoms with Gasteiger partial charge in [-0.3, -0.25) is 9.89 Å². The van der Waals surface area contributed by atoms with Gasteiger partial charge in [0.2, 0.25) is 0 Å². The standard InChI is InChI=1S/C20H20ClN3O/c1-2-3-20(25)15-6-10-17(11-7-15)22-13-19-18(12-23-24-19)14-4-8-16(21)9-5-14/h4-12,22H,2-3,13H2,1H3,(H,23,24). The number of anilines is 1. The van der Waals surface area contributed by atoms with Crippen molar-refractivity contribution in [2.75, 3.05) is 5.32 Å². The van der Waals surface area contributed by atoms with E-state index in [2.05, 4.69) is 15.5 Å². The zero-order chi connectivity index (χ0) is 17.6. The highest BCUT2D eigenvalue weighted by Gasteiger charge is 2.09. The van der Waals surface area contributed by atoms with Gasteiger partial charge in [0.1, 0.15) is 0 Å². The molecule has 2 aromatic carbocycles. The molecule has 0 saturated heterocycles. The lowest BCUT2D eigenvalue weighted by Crippen LogP contribution is -2.02. The van der Waals surface area contributed by atoms with Crippen LogP contribution in [0, 0.1) is 0 Å². The first-order chi connectivity index (χ1) is 12.2. The Bertz CT molecular complexity index is 838. The van der Waals surface area contributed by atoms with Gasteiger partial charge >= 0.3 is 0 Å². The monoisotopic (exact) mass is 353 g/mol. The highest BCUT2D eigenvalue weighted by atomic mass is 35.5. The Morgan fingerprint density at radius 1 is 1.12 bits per heavy atom. The van der Waals surface area contributed by atoms with Gasteiger partial charge in [0, 0.05) is 34.5 Å². The molecule has 0 saturated carbocycles. The number of H-pyrrole nitrogens is 1. The molecule has 128 valence electrons. The average molecular weight is 354 g/mol. The Kier molecular flexibility index (Phi) is 5.51. The minimum atomic E-state index is 0.186. The van der Waals surface area contributed by atoms with E-state index in [9.17, 15) is 4.79 Å². The van der Waals surface area contributed by atoms with Crippen molar-refractivity contribution in [2.45, 2.75) is 26.3 Å². The number of carbonyl (C=O) groups excluding carboxylic acids is 1. The van der Waals surface area contributed by atoms with Crippen LogP contribution in [-0.2, 0) is 6.54 Å². The Hall–Kier alpha value is -2.59. The minimum Gasteiger partial charge on any atom is -0.379 e. The van der Waals surface area contributed by atoms with Crippen molar-refractivity contribution >= 4 is 23.1 Å². The third-order valence-electron chi connectivity index (χ3n) is 4.02. The summed E-state index contributed by atoms with van der Waals surface area (Å²) in [5, 5.41) is 11.3. The molecule has 1 aromatic heterocycles. The zero-order valence-electron chi connectivity index (χ0n) is 14.1. The summed E-state index contributed by atoms with van der Waals surface area (Å²) in [6, 6.07) is 15.3. The molecule has 0 amide bonds. The highest BCUT2D eigenvalue weighted by molar-refractivity contribution is 6.30. The molecule has 2 N–H and O–H groups in total. The van der Waals surface area contributed by atoms with Crippen LogP contribution in [0.2, 0.25) is 5.02 Å². The van der Waals surface area contributed by atoms with Crippen molar-refractivity contribution in [1.29, 1.82) is 0 Å². The number of nitrogens with zero attached hydrogens (tertiary/aromatic N) is 1. The van der Waals surface area contributed by atoms with Crippen LogP contribution < -0.4 is 5.32 Å². The van der Waals surface area contributed by atoms with E-state index in [-0.39, 0.29) is 5.78 Å². The SMILES string of the molecule is CCCC(=O)c1ccc(NCc2n[nH]cc2-c2ccc(Cl)cc2)cc1. The largest absolute Gasteiger partial charge is 0.379 e. The maximum absolute atomic E-state index is 11.9. The van der Waals surface area contributed by atoms with E-state index < -0.39 is 0 Å². The number of rotatable bonds is 7. The fourth-order valence-electron chi connectivity index (χ4n) is 2.66. The molecule has 5 heteroatoms. The van der Waals surface area contributed by atoms with Crippen LogP contribution in [0.25, 0.3) is 11.1 Å². The molecule has 3 aromatic rings. The van der Waals surface area contributed by atoms with Gasteiger partial charge < -0.3 is 5.32 Å². The van der Waals surface area contributed by atoms with Crippen LogP contribution in [-0.4, -0.2) is 16.0 Å². The zero-order valence-corrected chi connectivity index (χ0v) is 14.8. The van der Waals surface area contributed by atoms with E-state index in [1.54, 1.807) is 0 Å². The number of aromatic nitrogens is 2. The lowest BCUT2D eigenvalue weighted by molar-refractivity contribution is 0.0982. The van der Waals surface area contributed by atoms with Crippen LogP contribution in [0.1, 0.15) is 35.8 Å². The second-order valence-corrected chi connectivity index (χ2v) is 6.29. The Labute approximate surface area is 152 Å². The van der Waals surface area contributed by atoms with E-state index in [1.165, 1.54) is 0 Å². The number of hydrogen-bond donors (Lipinski definition) is 2. The van der Waals surface area contributed by atoms with Gasteiger partial charge in [-0.05, 0) is 48.4 Å². The average Bonchev–Trinajstić information content (AvgIpc) is 3.10. The fourth-order valence-corrected chi connectivity index (χ4v) is 2.79. The fraction of sp³-hybridized carbons (Fsp3) is 0.200. The first-order valence-electron chi connectivity index (χ1n) is 8.33. The molecule has 0 atom stereocenters. The molecule has 0 fully saturated rings. The second kappa shape index (κ2) is 7.99. The van der Waals surface area contributed by atoms with Crippen LogP contribution in [0.5, 0.6) is 0 Å². The lowest BCUT2D eigenvalue weighted by Gasteiger charge is -2.08. The quantitative estimate of drug-likeness (QED) is 0.565. The number of nitrogens with one attached hydrogen (secondary N) is 2. The Balaban J connectivity index is 1.67. The Morgan fingerprint density at radius 3 is 2.52 bits per heavy atom. The van der Waals surface area contributed by atoms with Crippen molar-refractivity contribution in [3.8, 4) is 11.1 Å². The highest BCUT2D eigenvalue weighted by Crippen LogP contribution is 2.24. The maximum atomic E-state index is 11.9. The molecule has 0 radical (unpaired) electrons. The molecule has 0 unspecified atom stereocenters. The number of Topliss-reactive ketones (excluding diaryl/α,β-unsaturated/α-hetero) is 1. The molecule has 0 aliphatic rings. The minimum absolute atomic E-state index is 0.186. The van der Waals surface area contributed by atoms with Crippen LogP contribution in [0.15, 0.2) is 54.7 Å². The summed E-state index contributed by atoms with van der Waals surface area (Å²) in [5.74, 6) is 0.186. The number of carbonyl (C=O) groups is 1. The van der Waals surface area contributed by atoms with Gasteiger partial charge in [-0.1, -0.05) is 30.7 Å². The number of ketones is 1. The summed E-state index contributed by atoms with van der Waals surface area (Å²) in [5.41, 5.74) is 4.75. The van der Waals surface area contributed by atoms with E-state index in [0.29, 0.717) is 18.0 Å². The summed E-state index contributed by atoms with van der Waals surface area (Å²) >= 11 is 5.95. The van der Waals surface area contributed by atoms with Crippen molar-refractivity contribution < 1.29 is 4.79 Å². The van der Waals surface area contributed by atoms with E-state index >= 15 is 0 Å². The predicted octanol–water partition coefficient (Wildman–Crippen LogP) is 5.33. The van der Waals surface area contributed by atoms with Crippen molar-refractivity contribution in [2.24, 2.45) is 0 Å². The molecule has 1 heterocycles. The Morgan fingerprint density at radius 2 is 1.84 bits per heavy atom. The maximum Gasteiger partial charge on any atom is 0.162 e. The van der Waals surface area contributed by atoms with Gasteiger partial charge in [-0.15, -0.1) is 0 Å². The third-order valence-corrected chi connectivity index (χ3v) is 4.27. The van der Waals surface area contributed by atoms with Gasteiger partial charge in [0.05, 0.1) is 12.2 Å². The topological polar surface area (TPSA) is 57.8 Å². The molecule has 0 spiro atoms. The summed E-state index contributed by atoms with van der Waals surface area (Å²) in [6.45, 7) is 2.60. The molecular weight excluding hydrogens is 334 g/mol. The number of aromatic amines is 1. The summed E-state index contributed by atoms with van der Waals surface area (Å²) in [7, 11) is 0. The molecule has 0 bridgehead atoms. The second-order valence-electron chi connectivity index (χ2n) is 5.86. The predicted molar refractivity (Wildman–Crippen MR) is 102 cm³/mol. The van der Waals surface area contributed by atoms with Crippen LogP contribution >= 0.6 is 11.6 Å². The van der Waals surface area contributed by atoms with Gasteiger partial charge in [-0.25, -0.2) is 0 Å². The van der Waals surface area contributed by atoms with Gasteiger partial charge in [0.25, 0.3) is 0 Å². The molecule has 0 aliphatic heterocycles. The van der Waals surface area contributed by atoms with Crippen molar-refractivity contribution in [1.82, 2.24) is 10.2 Å². The first-order valence-corrected chi connectivity index (χ1v) is 8.71. The summed E-state index contributed by atoms with van der Waals surface area (Å²) in [4.78, 5) is 11.9. The van der Waals surface area contributed by atoms with Gasteiger partial charge in [0.15, 0.2) is 5.78 Å². The number of halogens is 1. The van der Waals surface area contributed by atoms with Crippen molar-refractivity contribution in [3.63, 3.8) is 0 Å². The summed E-state index contributed by atoms with van der Waals surface area (Å²) in [6.07, 6.45) is 3.34. The first kappa shape index (κ1) is 17.2.